The molecule has 0 saturated heterocycles. The van der Waals surface area contributed by atoms with Crippen molar-refractivity contribution in [3.63, 3.8) is 0 Å². The molecule has 6 heteroatoms. The van der Waals surface area contributed by atoms with Gasteiger partial charge in [-0.2, -0.15) is 0 Å². The van der Waals surface area contributed by atoms with Crippen molar-refractivity contribution in [2.75, 3.05) is 5.32 Å². The number of nitrogens with one attached hydrogen (secondary N) is 1. The Balaban J connectivity index is 1.80. The first-order chi connectivity index (χ1) is 14.8. The van der Waals surface area contributed by atoms with Crippen LogP contribution in [0.1, 0.15) is 45.1 Å². The molecule has 0 amide bonds. The van der Waals surface area contributed by atoms with Gasteiger partial charge in [-0.15, -0.1) is 0 Å². The number of aromatic hydroxyl groups is 1. The van der Waals surface area contributed by atoms with Gasteiger partial charge in [0.1, 0.15) is 0 Å². The van der Waals surface area contributed by atoms with Crippen molar-refractivity contribution < 1.29 is 9.50 Å². The highest BCUT2D eigenvalue weighted by Gasteiger charge is 2.21. The molecule has 0 unspecified atom stereocenters. The van der Waals surface area contributed by atoms with Crippen LogP contribution in [-0.4, -0.2) is 22.2 Å². The predicted molar refractivity (Wildman–Crippen MR) is 126 cm³/mol. The molecule has 1 aromatic heterocycles. The lowest BCUT2D eigenvalue weighted by Gasteiger charge is -2.29. The molecule has 0 radical (unpaired) electrons. The van der Waals surface area contributed by atoms with Crippen molar-refractivity contribution in [1.82, 2.24) is 4.98 Å². The van der Waals surface area contributed by atoms with Crippen molar-refractivity contribution in [2.45, 2.75) is 58.0 Å². The van der Waals surface area contributed by atoms with Crippen LogP contribution in [0.3, 0.4) is 0 Å². The number of aromatic nitrogens is 1. The first-order valence-electron chi connectivity index (χ1n) is 10.9. The van der Waals surface area contributed by atoms with Crippen molar-refractivity contribution in [1.29, 1.82) is 0 Å². The molecule has 1 aliphatic rings. The van der Waals surface area contributed by atoms with Crippen LogP contribution in [0.4, 0.5) is 10.1 Å². The molecule has 1 heterocycles. The molecular formula is C25H29ClFN3O. The number of phenols is 1. The number of anilines is 1. The Morgan fingerprint density at radius 3 is 2.58 bits per heavy atom. The second kappa shape index (κ2) is 9.01. The summed E-state index contributed by atoms with van der Waals surface area (Å²) in [4.78, 5) is 4.68. The molecule has 4 nitrogen and oxygen atoms in total. The van der Waals surface area contributed by atoms with Crippen LogP contribution in [-0.2, 0) is 6.42 Å². The van der Waals surface area contributed by atoms with E-state index in [1.54, 1.807) is 6.07 Å². The van der Waals surface area contributed by atoms with Crippen LogP contribution in [0.5, 0.6) is 5.75 Å². The van der Waals surface area contributed by atoms with E-state index >= 15 is 0 Å². The van der Waals surface area contributed by atoms with E-state index in [9.17, 15) is 9.50 Å². The maximum Gasteiger partial charge on any atom is 0.170 e. The third-order valence-electron chi connectivity index (χ3n) is 6.05. The van der Waals surface area contributed by atoms with E-state index in [0.29, 0.717) is 23.6 Å². The number of rotatable bonds is 5. The molecule has 4 N–H and O–H groups in total. The molecule has 1 fully saturated rings. The summed E-state index contributed by atoms with van der Waals surface area (Å²) in [5, 5.41) is 14.5. The minimum absolute atomic E-state index is 0.00123. The summed E-state index contributed by atoms with van der Waals surface area (Å²) in [6.45, 7) is 4.40. The van der Waals surface area contributed by atoms with E-state index in [2.05, 4.69) is 24.1 Å². The second-order valence-corrected chi connectivity index (χ2v) is 9.44. The summed E-state index contributed by atoms with van der Waals surface area (Å²) in [6, 6.07) is 9.45. The van der Waals surface area contributed by atoms with Crippen LogP contribution in [0.25, 0.3) is 22.0 Å². The molecule has 0 spiro atoms. The molecule has 0 aliphatic heterocycles. The summed E-state index contributed by atoms with van der Waals surface area (Å²) in [7, 11) is 0. The maximum atomic E-state index is 14.1. The van der Waals surface area contributed by atoms with E-state index in [-0.39, 0.29) is 5.02 Å². The number of nitrogens with two attached hydrogens (primary N) is 1. The fourth-order valence-corrected chi connectivity index (χ4v) is 4.59. The highest BCUT2D eigenvalue weighted by Crippen LogP contribution is 2.36. The zero-order valence-electron chi connectivity index (χ0n) is 18.0. The van der Waals surface area contributed by atoms with Gasteiger partial charge < -0.3 is 16.2 Å². The van der Waals surface area contributed by atoms with Crippen molar-refractivity contribution in [3.8, 4) is 16.9 Å². The number of nitrogens with zero attached hydrogens (tertiary/aromatic N) is 1. The lowest BCUT2D eigenvalue weighted by molar-refractivity contribution is 0.411. The zero-order valence-corrected chi connectivity index (χ0v) is 18.7. The van der Waals surface area contributed by atoms with Gasteiger partial charge in [0.15, 0.2) is 11.6 Å². The normalized spacial score (nSPS) is 19.2. The van der Waals surface area contributed by atoms with Gasteiger partial charge in [-0.3, -0.25) is 4.98 Å². The molecule has 2 aromatic carbocycles. The van der Waals surface area contributed by atoms with Gasteiger partial charge in [-0.05, 0) is 79.0 Å². The predicted octanol–water partition coefficient (Wildman–Crippen LogP) is 6.28. The third-order valence-corrected chi connectivity index (χ3v) is 6.33. The Hall–Kier alpha value is -2.37. The minimum atomic E-state index is -0.730. The average Bonchev–Trinajstić information content (AvgIpc) is 2.74. The Kier molecular flexibility index (Phi) is 6.35. The van der Waals surface area contributed by atoms with E-state index in [1.165, 1.54) is 11.6 Å². The quantitative estimate of drug-likeness (QED) is 0.435. The number of hydrogen-bond acceptors (Lipinski definition) is 4. The Labute approximate surface area is 187 Å². The van der Waals surface area contributed by atoms with Crippen molar-refractivity contribution in [3.05, 3.63) is 52.9 Å². The molecule has 164 valence electrons. The van der Waals surface area contributed by atoms with E-state index in [4.69, 9.17) is 17.3 Å². The Morgan fingerprint density at radius 1 is 1.16 bits per heavy atom. The molecule has 3 aromatic rings. The summed E-state index contributed by atoms with van der Waals surface area (Å²) in [6.07, 6.45) is 7.03. The molecule has 4 rings (SSSR count). The van der Waals surface area contributed by atoms with Gasteiger partial charge in [-0.1, -0.05) is 31.5 Å². The van der Waals surface area contributed by atoms with Gasteiger partial charge in [0, 0.05) is 29.4 Å². The lowest BCUT2D eigenvalue weighted by Crippen LogP contribution is -2.33. The SMILES string of the molecule is CC(C)Cc1cnc2ccc(-c3cc(F)c(O)c(Cl)c3)cc2c1N[C@H]1CC[C@H](N)CC1. The summed E-state index contributed by atoms with van der Waals surface area (Å²) < 4.78 is 14.1. The van der Waals surface area contributed by atoms with Crippen LogP contribution in [0.2, 0.25) is 5.02 Å². The van der Waals surface area contributed by atoms with Gasteiger partial charge in [0.25, 0.3) is 0 Å². The number of halogens is 2. The minimum Gasteiger partial charge on any atom is -0.504 e. The zero-order chi connectivity index (χ0) is 22.1. The first kappa shape index (κ1) is 21.8. The number of phenolic OH excluding ortho intramolecular Hbond substituents is 1. The van der Waals surface area contributed by atoms with Crippen molar-refractivity contribution in [2.24, 2.45) is 11.7 Å². The Bertz CT molecular complexity index is 1070. The Morgan fingerprint density at radius 2 is 1.90 bits per heavy atom. The molecule has 1 saturated carbocycles. The third kappa shape index (κ3) is 4.78. The molecule has 0 atom stereocenters. The number of pyridine rings is 1. The van der Waals surface area contributed by atoms with Gasteiger partial charge >= 0.3 is 0 Å². The first-order valence-corrected chi connectivity index (χ1v) is 11.3. The number of hydrogen-bond donors (Lipinski definition) is 3. The van der Waals surface area contributed by atoms with Gasteiger partial charge in [-0.25, -0.2) is 4.39 Å². The van der Waals surface area contributed by atoms with Crippen LogP contribution >= 0.6 is 11.6 Å². The van der Waals surface area contributed by atoms with E-state index < -0.39 is 11.6 Å². The largest absolute Gasteiger partial charge is 0.504 e. The van der Waals surface area contributed by atoms with Crippen LogP contribution in [0, 0.1) is 11.7 Å². The summed E-state index contributed by atoms with van der Waals surface area (Å²) in [5.41, 5.74) is 10.7. The summed E-state index contributed by atoms with van der Waals surface area (Å²) >= 11 is 6.02. The lowest BCUT2D eigenvalue weighted by atomic mass is 9.90. The van der Waals surface area contributed by atoms with Crippen LogP contribution in [0.15, 0.2) is 36.5 Å². The van der Waals surface area contributed by atoms with E-state index in [0.717, 1.165) is 54.3 Å². The smallest absolute Gasteiger partial charge is 0.170 e. The number of benzene rings is 2. The molecule has 1 aliphatic carbocycles. The van der Waals surface area contributed by atoms with E-state index in [1.807, 2.05) is 24.4 Å². The standard InChI is InChI=1S/C25H29ClFN3O/c1-14(2)9-17-13-29-23-8-3-15(16-11-21(26)25(31)22(27)12-16)10-20(23)24(17)30-19-6-4-18(28)5-7-19/h3,8,10-14,18-19,31H,4-7,9,28H2,1-2H3,(H,29,30)/t18-,19-. The second-order valence-electron chi connectivity index (χ2n) is 9.03. The molecular weight excluding hydrogens is 413 g/mol. The van der Waals surface area contributed by atoms with Gasteiger partial charge in [0.05, 0.1) is 10.5 Å². The van der Waals surface area contributed by atoms with Crippen LogP contribution < -0.4 is 11.1 Å². The summed E-state index contributed by atoms with van der Waals surface area (Å²) in [5.74, 6) is -0.760. The number of fused-ring (bicyclic) bond motifs is 1. The average molecular weight is 442 g/mol. The van der Waals surface area contributed by atoms with Gasteiger partial charge in [0.2, 0.25) is 0 Å². The fraction of sp³-hybridized carbons (Fsp3) is 0.400. The van der Waals surface area contributed by atoms with Crippen molar-refractivity contribution >= 4 is 28.2 Å². The highest BCUT2D eigenvalue weighted by atomic mass is 35.5. The molecule has 0 bridgehead atoms. The monoisotopic (exact) mass is 441 g/mol. The maximum absolute atomic E-state index is 14.1. The topological polar surface area (TPSA) is 71.2 Å². The fourth-order valence-electron chi connectivity index (χ4n) is 4.38. The highest BCUT2D eigenvalue weighted by molar-refractivity contribution is 6.32. The molecule has 31 heavy (non-hydrogen) atoms.